The Morgan fingerprint density at radius 1 is 1.44 bits per heavy atom. The Labute approximate surface area is 107 Å². The van der Waals surface area contributed by atoms with Gasteiger partial charge in [0.15, 0.2) is 0 Å². The van der Waals surface area contributed by atoms with Crippen LogP contribution in [-0.4, -0.2) is 29.8 Å². The molecule has 0 saturated heterocycles. The van der Waals surface area contributed by atoms with Gasteiger partial charge in [0.1, 0.15) is 0 Å². The Kier molecular flexibility index (Phi) is 3.97. The van der Waals surface area contributed by atoms with Crippen molar-refractivity contribution in [3.8, 4) is 0 Å². The first kappa shape index (κ1) is 12.6. The molecule has 1 N–H and O–H groups in total. The van der Waals surface area contributed by atoms with Gasteiger partial charge in [-0.1, -0.05) is 31.2 Å². The first-order valence-corrected chi connectivity index (χ1v) is 6.29. The molecule has 1 atom stereocenters. The van der Waals surface area contributed by atoms with E-state index in [1.54, 1.807) is 0 Å². The molecule has 0 fully saturated rings. The minimum Gasteiger partial charge on any atom is -0.350 e. The maximum absolute atomic E-state index is 12.0. The van der Waals surface area contributed by atoms with E-state index >= 15 is 0 Å². The summed E-state index contributed by atoms with van der Waals surface area (Å²) in [6.45, 7) is 2.82. The lowest BCUT2D eigenvalue weighted by molar-refractivity contribution is -0.134. The lowest BCUT2D eigenvalue weighted by Crippen LogP contribution is -2.47. The smallest absolute Gasteiger partial charge is 0.242 e. The fourth-order valence-electron chi connectivity index (χ4n) is 2.47. The van der Waals surface area contributed by atoms with Gasteiger partial charge in [-0.05, 0) is 24.0 Å². The molecule has 96 valence electrons. The molecule has 0 saturated carbocycles. The van der Waals surface area contributed by atoms with Gasteiger partial charge in [-0.3, -0.25) is 9.59 Å². The molecule has 0 radical (unpaired) electrons. The largest absolute Gasteiger partial charge is 0.350 e. The SMILES string of the molecule is CCC1Cc2ccccc2CN1C(=O)CNC=O. The highest BCUT2D eigenvalue weighted by atomic mass is 16.2. The zero-order valence-electron chi connectivity index (χ0n) is 10.6. The summed E-state index contributed by atoms with van der Waals surface area (Å²) in [6, 6.07) is 8.47. The molecule has 4 nitrogen and oxygen atoms in total. The Balaban J connectivity index is 2.15. The minimum absolute atomic E-state index is 0.0107. The Morgan fingerprint density at radius 3 is 2.83 bits per heavy atom. The molecule has 1 aromatic rings. The van der Waals surface area contributed by atoms with Crippen LogP contribution in [0, 0.1) is 0 Å². The van der Waals surface area contributed by atoms with Crippen LogP contribution in [0.3, 0.4) is 0 Å². The summed E-state index contributed by atoms with van der Waals surface area (Å²) in [5, 5.41) is 2.44. The van der Waals surface area contributed by atoms with E-state index in [4.69, 9.17) is 0 Å². The molecule has 0 bridgehead atoms. The highest BCUT2D eigenvalue weighted by molar-refractivity contribution is 5.80. The van der Waals surface area contributed by atoms with Crippen LogP contribution in [0.4, 0.5) is 0 Å². The molecule has 1 aromatic carbocycles. The Hall–Kier alpha value is -1.84. The Bertz CT molecular complexity index is 445. The third-order valence-corrected chi connectivity index (χ3v) is 3.48. The molecule has 1 aliphatic heterocycles. The van der Waals surface area contributed by atoms with Crippen LogP contribution < -0.4 is 5.32 Å². The molecule has 2 rings (SSSR count). The summed E-state index contributed by atoms with van der Waals surface area (Å²) in [5.41, 5.74) is 2.54. The van der Waals surface area contributed by atoms with Gasteiger partial charge in [0.2, 0.25) is 12.3 Å². The van der Waals surface area contributed by atoms with Crippen molar-refractivity contribution in [2.45, 2.75) is 32.4 Å². The summed E-state index contributed by atoms with van der Waals surface area (Å²) in [5.74, 6) is -0.0107. The predicted octanol–water partition coefficient (Wildman–Crippen LogP) is 1.10. The number of carbonyl (C=O) groups excluding carboxylic acids is 2. The van der Waals surface area contributed by atoms with Crippen molar-refractivity contribution in [1.82, 2.24) is 10.2 Å². The summed E-state index contributed by atoms with van der Waals surface area (Å²) < 4.78 is 0. The van der Waals surface area contributed by atoms with E-state index in [0.29, 0.717) is 13.0 Å². The predicted molar refractivity (Wildman–Crippen MR) is 68.8 cm³/mol. The molecular weight excluding hydrogens is 228 g/mol. The topological polar surface area (TPSA) is 49.4 Å². The first-order valence-electron chi connectivity index (χ1n) is 6.29. The van der Waals surface area contributed by atoms with Crippen LogP contribution in [0.25, 0.3) is 0 Å². The van der Waals surface area contributed by atoms with E-state index in [0.717, 1.165) is 12.8 Å². The molecule has 18 heavy (non-hydrogen) atoms. The van der Waals surface area contributed by atoms with Crippen molar-refractivity contribution in [1.29, 1.82) is 0 Å². The monoisotopic (exact) mass is 246 g/mol. The van der Waals surface area contributed by atoms with Crippen molar-refractivity contribution in [2.24, 2.45) is 0 Å². The molecule has 0 spiro atoms. The average Bonchev–Trinajstić information content (AvgIpc) is 2.43. The fourth-order valence-corrected chi connectivity index (χ4v) is 2.47. The third-order valence-electron chi connectivity index (χ3n) is 3.48. The lowest BCUT2D eigenvalue weighted by Gasteiger charge is -2.36. The normalized spacial score (nSPS) is 18.1. The number of hydrogen-bond acceptors (Lipinski definition) is 2. The van der Waals surface area contributed by atoms with Crippen LogP contribution in [0.5, 0.6) is 0 Å². The van der Waals surface area contributed by atoms with Gasteiger partial charge in [0, 0.05) is 12.6 Å². The number of rotatable bonds is 4. The van der Waals surface area contributed by atoms with Crippen molar-refractivity contribution < 1.29 is 9.59 Å². The Morgan fingerprint density at radius 2 is 2.17 bits per heavy atom. The van der Waals surface area contributed by atoms with Crippen molar-refractivity contribution in [3.05, 3.63) is 35.4 Å². The van der Waals surface area contributed by atoms with E-state index < -0.39 is 0 Å². The van der Waals surface area contributed by atoms with Crippen LogP contribution in [0.1, 0.15) is 24.5 Å². The highest BCUT2D eigenvalue weighted by Gasteiger charge is 2.27. The molecule has 2 amide bonds. The molecule has 0 aromatic heterocycles. The van der Waals surface area contributed by atoms with Crippen LogP contribution >= 0.6 is 0 Å². The van der Waals surface area contributed by atoms with Gasteiger partial charge in [0.05, 0.1) is 6.54 Å². The standard InChI is InChI=1S/C14H18N2O2/c1-2-13-7-11-5-3-4-6-12(11)9-16(13)14(18)8-15-10-17/h3-6,10,13H,2,7-9H2,1H3,(H,15,17). The second-order valence-corrected chi connectivity index (χ2v) is 4.56. The minimum atomic E-state index is -0.0107. The zero-order valence-corrected chi connectivity index (χ0v) is 10.6. The van der Waals surface area contributed by atoms with E-state index in [1.807, 2.05) is 17.0 Å². The van der Waals surface area contributed by atoms with Gasteiger partial charge < -0.3 is 10.2 Å². The maximum Gasteiger partial charge on any atom is 0.242 e. The van der Waals surface area contributed by atoms with Gasteiger partial charge in [0.25, 0.3) is 0 Å². The first-order chi connectivity index (χ1) is 8.76. The number of nitrogens with zero attached hydrogens (tertiary/aromatic N) is 1. The summed E-state index contributed by atoms with van der Waals surface area (Å²) in [7, 11) is 0. The van der Waals surface area contributed by atoms with Gasteiger partial charge in [-0.15, -0.1) is 0 Å². The number of nitrogens with one attached hydrogen (secondary N) is 1. The number of fused-ring (bicyclic) bond motifs is 1. The van der Waals surface area contributed by atoms with E-state index in [1.165, 1.54) is 11.1 Å². The number of benzene rings is 1. The molecule has 1 aliphatic rings. The van der Waals surface area contributed by atoms with E-state index in [-0.39, 0.29) is 18.5 Å². The molecule has 0 aliphatic carbocycles. The van der Waals surface area contributed by atoms with Gasteiger partial charge in [-0.2, -0.15) is 0 Å². The summed E-state index contributed by atoms with van der Waals surface area (Å²) in [6.07, 6.45) is 2.40. The van der Waals surface area contributed by atoms with Crippen molar-refractivity contribution in [2.75, 3.05) is 6.54 Å². The highest BCUT2D eigenvalue weighted by Crippen LogP contribution is 2.24. The quantitative estimate of drug-likeness (QED) is 0.809. The molecular formula is C14H18N2O2. The second-order valence-electron chi connectivity index (χ2n) is 4.56. The second kappa shape index (κ2) is 5.67. The zero-order chi connectivity index (χ0) is 13.0. The van der Waals surface area contributed by atoms with Crippen LogP contribution in [0.2, 0.25) is 0 Å². The summed E-state index contributed by atoms with van der Waals surface area (Å²) in [4.78, 5) is 24.2. The van der Waals surface area contributed by atoms with Crippen molar-refractivity contribution >= 4 is 12.3 Å². The van der Waals surface area contributed by atoms with Crippen LogP contribution in [-0.2, 0) is 22.6 Å². The summed E-state index contributed by atoms with van der Waals surface area (Å²) >= 11 is 0. The lowest BCUT2D eigenvalue weighted by atomic mass is 9.92. The number of carbonyl (C=O) groups is 2. The van der Waals surface area contributed by atoms with Crippen molar-refractivity contribution in [3.63, 3.8) is 0 Å². The fraction of sp³-hybridized carbons (Fsp3) is 0.429. The number of amides is 2. The number of hydrogen-bond donors (Lipinski definition) is 1. The van der Waals surface area contributed by atoms with Gasteiger partial charge in [-0.25, -0.2) is 0 Å². The van der Waals surface area contributed by atoms with E-state index in [2.05, 4.69) is 24.4 Å². The third kappa shape index (κ3) is 2.53. The maximum atomic E-state index is 12.0. The molecule has 4 heteroatoms. The molecule has 1 heterocycles. The molecule has 1 unspecified atom stereocenters. The van der Waals surface area contributed by atoms with Crippen LogP contribution in [0.15, 0.2) is 24.3 Å². The average molecular weight is 246 g/mol. The van der Waals surface area contributed by atoms with E-state index in [9.17, 15) is 9.59 Å². The van der Waals surface area contributed by atoms with Gasteiger partial charge >= 0.3 is 0 Å².